The van der Waals surface area contributed by atoms with Gasteiger partial charge in [0.1, 0.15) is 5.82 Å². The maximum atomic E-state index is 13.7. The summed E-state index contributed by atoms with van der Waals surface area (Å²) in [6.07, 6.45) is 2.58. The summed E-state index contributed by atoms with van der Waals surface area (Å²) >= 11 is 0. The van der Waals surface area contributed by atoms with Crippen LogP contribution in [0.3, 0.4) is 0 Å². The lowest BCUT2D eigenvalue weighted by Gasteiger charge is -2.28. The summed E-state index contributed by atoms with van der Waals surface area (Å²) < 4.78 is 25.0. The van der Waals surface area contributed by atoms with Crippen LogP contribution in [0.1, 0.15) is 5.56 Å². The van der Waals surface area contributed by atoms with Crippen LogP contribution in [0.5, 0.6) is 5.75 Å². The molecule has 2 aliphatic rings. The van der Waals surface area contributed by atoms with Gasteiger partial charge in [0.2, 0.25) is 0 Å². The summed E-state index contributed by atoms with van der Waals surface area (Å²) in [5.41, 5.74) is 4.95. The van der Waals surface area contributed by atoms with Crippen LogP contribution >= 0.6 is 0 Å². The van der Waals surface area contributed by atoms with Gasteiger partial charge in [-0.15, -0.1) is 0 Å². The summed E-state index contributed by atoms with van der Waals surface area (Å²) in [6.45, 7) is 3.97. The quantitative estimate of drug-likeness (QED) is 0.714. The van der Waals surface area contributed by atoms with Gasteiger partial charge in [-0.05, 0) is 42.0 Å². The van der Waals surface area contributed by atoms with E-state index in [1.165, 1.54) is 17.8 Å². The topological polar surface area (TPSA) is 46.6 Å². The molecule has 148 valence electrons. The molecule has 0 amide bonds. The normalized spacial score (nSPS) is 15.7. The zero-order chi connectivity index (χ0) is 19.6. The molecule has 5 rings (SSSR count). The van der Waals surface area contributed by atoms with E-state index >= 15 is 0 Å². The number of halogens is 1. The predicted molar refractivity (Wildman–Crippen MR) is 112 cm³/mol. The highest BCUT2D eigenvalue weighted by Crippen LogP contribution is 2.40. The number of benzene rings is 2. The third-order valence-electron chi connectivity index (χ3n) is 5.38. The number of hydrogen-bond donors (Lipinski definition) is 1. The molecule has 3 heterocycles. The van der Waals surface area contributed by atoms with Crippen molar-refractivity contribution < 1.29 is 13.9 Å². The van der Waals surface area contributed by atoms with E-state index in [0.717, 1.165) is 60.9 Å². The fraction of sp³-hybridized carbons (Fsp3) is 0.261. The lowest BCUT2D eigenvalue weighted by Crippen LogP contribution is -2.36. The Kier molecular flexibility index (Phi) is 4.77. The Hall–Kier alpha value is -3.12. The standard InChI is InChI=1S/C23H22FN3O2/c24-17-3-1-2-16(14-17)21-15-25-23(22-20(21)8-11-29-22)26-18-4-6-19(7-5-18)27-9-12-28-13-10-27/h1-7,14-15H,8-13H2,(H,25,26). The molecule has 0 aliphatic carbocycles. The van der Waals surface area contributed by atoms with Crippen LogP contribution in [0.2, 0.25) is 0 Å². The van der Waals surface area contributed by atoms with Gasteiger partial charge in [0.25, 0.3) is 0 Å². The molecular weight excluding hydrogens is 369 g/mol. The number of nitrogens with one attached hydrogen (secondary N) is 1. The first-order chi connectivity index (χ1) is 14.3. The second kappa shape index (κ2) is 7.72. The number of hydrogen-bond acceptors (Lipinski definition) is 5. The summed E-state index contributed by atoms with van der Waals surface area (Å²) in [6, 6.07) is 14.9. The molecule has 1 aromatic heterocycles. The van der Waals surface area contributed by atoms with Crippen LogP contribution in [0.25, 0.3) is 11.1 Å². The summed E-state index contributed by atoms with van der Waals surface area (Å²) in [4.78, 5) is 6.90. The molecule has 5 nitrogen and oxygen atoms in total. The van der Waals surface area contributed by atoms with Crippen LogP contribution in [0.4, 0.5) is 21.6 Å². The first-order valence-electron chi connectivity index (χ1n) is 9.88. The van der Waals surface area contributed by atoms with Gasteiger partial charge in [-0.1, -0.05) is 12.1 Å². The molecule has 0 bridgehead atoms. The minimum Gasteiger partial charge on any atom is -0.489 e. The van der Waals surface area contributed by atoms with Crippen LogP contribution in [-0.4, -0.2) is 37.9 Å². The average molecular weight is 391 g/mol. The van der Waals surface area contributed by atoms with Crippen LogP contribution in [0.15, 0.2) is 54.7 Å². The number of aromatic nitrogens is 1. The van der Waals surface area contributed by atoms with E-state index in [4.69, 9.17) is 9.47 Å². The van der Waals surface area contributed by atoms with Gasteiger partial charge in [0.15, 0.2) is 11.6 Å². The number of fused-ring (bicyclic) bond motifs is 1. The van der Waals surface area contributed by atoms with Gasteiger partial charge in [-0.25, -0.2) is 9.37 Å². The molecule has 2 aliphatic heterocycles. The van der Waals surface area contributed by atoms with Crippen molar-refractivity contribution in [2.24, 2.45) is 0 Å². The van der Waals surface area contributed by atoms with E-state index in [1.54, 1.807) is 12.3 Å². The Balaban J connectivity index is 1.40. The molecule has 2 aromatic carbocycles. The maximum Gasteiger partial charge on any atom is 0.173 e. The second-order valence-corrected chi connectivity index (χ2v) is 7.21. The molecule has 6 heteroatoms. The molecular formula is C23H22FN3O2. The van der Waals surface area contributed by atoms with Gasteiger partial charge in [0.05, 0.1) is 19.8 Å². The van der Waals surface area contributed by atoms with Crippen LogP contribution in [0, 0.1) is 5.82 Å². The molecule has 29 heavy (non-hydrogen) atoms. The average Bonchev–Trinajstić information content (AvgIpc) is 3.26. The molecule has 0 saturated carbocycles. The van der Waals surface area contributed by atoms with E-state index in [2.05, 4.69) is 27.3 Å². The first kappa shape index (κ1) is 17.9. The molecule has 3 aromatic rings. The van der Waals surface area contributed by atoms with Crippen LogP contribution < -0.4 is 15.0 Å². The second-order valence-electron chi connectivity index (χ2n) is 7.21. The number of morpholine rings is 1. The van der Waals surface area contributed by atoms with E-state index in [1.807, 2.05) is 18.2 Å². The van der Waals surface area contributed by atoms with Crippen molar-refractivity contribution in [2.75, 3.05) is 43.1 Å². The van der Waals surface area contributed by atoms with Crippen molar-refractivity contribution >= 4 is 17.2 Å². The SMILES string of the molecule is Fc1cccc(-c2cnc(Nc3ccc(N4CCOCC4)cc3)c3c2CCO3)c1. The summed E-state index contributed by atoms with van der Waals surface area (Å²) in [5, 5.41) is 3.37. The van der Waals surface area contributed by atoms with Crippen molar-refractivity contribution in [1.82, 2.24) is 4.98 Å². The Morgan fingerprint density at radius 2 is 1.83 bits per heavy atom. The van der Waals surface area contributed by atoms with E-state index < -0.39 is 0 Å². The van der Waals surface area contributed by atoms with Crippen molar-refractivity contribution in [3.63, 3.8) is 0 Å². The monoisotopic (exact) mass is 391 g/mol. The van der Waals surface area contributed by atoms with Gasteiger partial charge >= 0.3 is 0 Å². The molecule has 1 saturated heterocycles. The highest BCUT2D eigenvalue weighted by Gasteiger charge is 2.22. The fourth-order valence-corrected chi connectivity index (χ4v) is 3.90. The molecule has 1 fully saturated rings. The van der Waals surface area contributed by atoms with Crippen molar-refractivity contribution in [1.29, 1.82) is 0 Å². The molecule has 0 unspecified atom stereocenters. The largest absolute Gasteiger partial charge is 0.489 e. The minimum absolute atomic E-state index is 0.252. The highest BCUT2D eigenvalue weighted by molar-refractivity contribution is 5.76. The van der Waals surface area contributed by atoms with Crippen molar-refractivity contribution in [2.45, 2.75) is 6.42 Å². The van der Waals surface area contributed by atoms with Gasteiger partial charge < -0.3 is 19.7 Å². The lowest BCUT2D eigenvalue weighted by molar-refractivity contribution is 0.122. The summed E-state index contributed by atoms with van der Waals surface area (Å²) in [5.74, 6) is 1.19. The Morgan fingerprint density at radius 1 is 1.00 bits per heavy atom. The van der Waals surface area contributed by atoms with Gasteiger partial charge in [-0.3, -0.25) is 0 Å². The molecule has 1 N–H and O–H groups in total. The maximum absolute atomic E-state index is 13.7. The Bertz CT molecular complexity index is 1020. The van der Waals surface area contributed by atoms with Gasteiger partial charge in [0, 0.05) is 48.2 Å². The molecule has 0 radical (unpaired) electrons. The van der Waals surface area contributed by atoms with E-state index in [9.17, 15) is 4.39 Å². The number of rotatable bonds is 4. The smallest absolute Gasteiger partial charge is 0.173 e. The molecule has 0 spiro atoms. The Morgan fingerprint density at radius 3 is 2.62 bits per heavy atom. The number of ether oxygens (including phenoxy) is 2. The number of pyridine rings is 1. The summed E-state index contributed by atoms with van der Waals surface area (Å²) in [7, 11) is 0. The van der Waals surface area contributed by atoms with Gasteiger partial charge in [-0.2, -0.15) is 0 Å². The van der Waals surface area contributed by atoms with Crippen LogP contribution in [-0.2, 0) is 11.2 Å². The Labute approximate surface area is 169 Å². The number of anilines is 3. The van der Waals surface area contributed by atoms with E-state index in [0.29, 0.717) is 12.4 Å². The minimum atomic E-state index is -0.252. The first-order valence-corrected chi connectivity index (χ1v) is 9.88. The van der Waals surface area contributed by atoms with E-state index in [-0.39, 0.29) is 5.82 Å². The highest BCUT2D eigenvalue weighted by atomic mass is 19.1. The third-order valence-corrected chi connectivity index (χ3v) is 5.38. The molecule has 0 atom stereocenters. The van der Waals surface area contributed by atoms with Crippen molar-refractivity contribution in [3.05, 3.63) is 66.1 Å². The zero-order valence-electron chi connectivity index (χ0n) is 16.0. The van der Waals surface area contributed by atoms with Crippen molar-refractivity contribution in [3.8, 4) is 16.9 Å². The fourth-order valence-electron chi connectivity index (χ4n) is 3.90. The third kappa shape index (κ3) is 3.63. The predicted octanol–water partition coefficient (Wildman–Crippen LogP) is 4.40. The lowest BCUT2D eigenvalue weighted by atomic mass is 10.00. The number of nitrogens with zero attached hydrogens (tertiary/aromatic N) is 2. The zero-order valence-corrected chi connectivity index (χ0v) is 16.0.